The summed E-state index contributed by atoms with van der Waals surface area (Å²) >= 11 is 0. The number of nitrogens with zero attached hydrogens (tertiary/aromatic N) is 4. The second kappa shape index (κ2) is 7.43. The first-order chi connectivity index (χ1) is 13.9. The first kappa shape index (κ1) is 19.3. The van der Waals surface area contributed by atoms with Crippen molar-refractivity contribution >= 4 is 28.5 Å². The highest BCUT2D eigenvalue weighted by atomic mass is 19.1. The Morgan fingerprint density at radius 1 is 1.48 bits per heavy atom. The van der Waals surface area contributed by atoms with Crippen LogP contribution in [0.5, 0.6) is 0 Å². The highest BCUT2D eigenvalue weighted by Gasteiger charge is 2.33. The molecular formula is C19H22FN5O4. The van der Waals surface area contributed by atoms with E-state index in [-0.39, 0.29) is 28.7 Å². The van der Waals surface area contributed by atoms with Gasteiger partial charge in [-0.25, -0.2) is 14.2 Å². The summed E-state index contributed by atoms with van der Waals surface area (Å²) in [5.41, 5.74) is 5.63. The lowest BCUT2D eigenvalue weighted by Crippen LogP contribution is -2.25. The van der Waals surface area contributed by atoms with E-state index in [2.05, 4.69) is 10.1 Å². The maximum atomic E-state index is 15.0. The number of carbonyl (C=O) groups is 1. The normalized spacial score (nSPS) is 20.6. The first-order valence-electron chi connectivity index (χ1n) is 9.48. The molecule has 9 nitrogen and oxygen atoms in total. The SMILES string of the molecule is CO/N=C1/CN(c2nc3c(cc2F)c(=O)c(C(=O)O)cn3C2CC2)CC1CCN. The zero-order chi connectivity index (χ0) is 20.7. The van der Waals surface area contributed by atoms with Crippen molar-refractivity contribution in [3.63, 3.8) is 0 Å². The van der Waals surface area contributed by atoms with Crippen molar-refractivity contribution in [3.05, 3.63) is 33.9 Å². The molecular weight excluding hydrogens is 381 g/mol. The largest absolute Gasteiger partial charge is 0.477 e. The number of aromatic carboxylic acids is 1. The van der Waals surface area contributed by atoms with Crippen molar-refractivity contribution in [1.29, 1.82) is 0 Å². The Morgan fingerprint density at radius 2 is 2.24 bits per heavy atom. The van der Waals surface area contributed by atoms with Gasteiger partial charge in [0.15, 0.2) is 11.6 Å². The summed E-state index contributed by atoms with van der Waals surface area (Å²) < 4.78 is 16.6. The van der Waals surface area contributed by atoms with Gasteiger partial charge in [-0.05, 0) is 31.9 Å². The molecule has 0 radical (unpaired) electrons. The Labute approximate surface area is 165 Å². The molecule has 1 atom stereocenters. The quantitative estimate of drug-likeness (QED) is 0.698. The highest BCUT2D eigenvalue weighted by Crippen LogP contribution is 2.37. The first-order valence-corrected chi connectivity index (χ1v) is 9.48. The van der Waals surface area contributed by atoms with E-state index in [1.165, 1.54) is 13.3 Å². The fourth-order valence-corrected chi connectivity index (χ4v) is 3.84. The molecule has 3 heterocycles. The third kappa shape index (κ3) is 3.44. The number of oxime groups is 1. The third-order valence-electron chi connectivity index (χ3n) is 5.40. The molecule has 2 aromatic rings. The molecule has 0 amide bonds. The molecule has 1 unspecified atom stereocenters. The fraction of sp³-hybridized carbons (Fsp3) is 0.474. The highest BCUT2D eigenvalue weighted by molar-refractivity contribution is 5.95. The summed E-state index contributed by atoms with van der Waals surface area (Å²) in [7, 11) is 1.46. The second-order valence-electron chi connectivity index (χ2n) is 7.40. The lowest BCUT2D eigenvalue weighted by Gasteiger charge is -2.19. The number of nitrogens with two attached hydrogens (primary N) is 1. The zero-order valence-corrected chi connectivity index (χ0v) is 16.0. The molecule has 10 heteroatoms. The Bertz CT molecular complexity index is 1060. The predicted molar refractivity (Wildman–Crippen MR) is 105 cm³/mol. The standard InChI is InChI=1S/C19H22FN5O4/c1-29-23-15-9-24(7-10(15)4-5-21)18-14(20)6-12-16(26)13(19(27)28)8-25(11-2-3-11)17(12)22-18/h6,8,10-11H,2-5,7,9,21H2,1H3,(H,27,28)/b23-15-. The number of anilines is 1. The van der Waals surface area contributed by atoms with E-state index in [0.29, 0.717) is 31.7 Å². The number of carboxylic acids is 1. The Kier molecular flexibility index (Phi) is 4.95. The summed E-state index contributed by atoms with van der Waals surface area (Å²) in [5.74, 6) is -1.88. The van der Waals surface area contributed by atoms with E-state index >= 15 is 0 Å². The number of carboxylic acid groups (broad SMARTS) is 1. The van der Waals surface area contributed by atoms with Gasteiger partial charge in [0.05, 0.1) is 17.6 Å². The van der Waals surface area contributed by atoms with Crippen molar-refractivity contribution in [2.45, 2.75) is 25.3 Å². The topological polar surface area (TPSA) is 123 Å². The van der Waals surface area contributed by atoms with E-state index in [1.54, 1.807) is 9.47 Å². The molecule has 2 aliphatic rings. The van der Waals surface area contributed by atoms with Gasteiger partial charge in [0.1, 0.15) is 18.3 Å². The van der Waals surface area contributed by atoms with Crippen LogP contribution in [0.3, 0.4) is 0 Å². The van der Waals surface area contributed by atoms with Crippen molar-refractivity contribution in [3.8, 4) is 0 Å². The molecule has 154 valence electrons. The molecule has 1 saturated carbocycles. The Balaban J connectivity index is 1.83. The van der Waals surface area contributed by atoms with Crippen LogP contribution in [0.1, 0.15) is 35.7 Å². The van der Waals surface area contributed by atoms with Gasteiger partial charge in [-0.1, -0.05) is 5.16 Å². The smallest absolute Gasteiger partial charge is 0.341 e. The van der Waals surface area contributed by atoms with Crippen LogP contribution in [0.25, 0.3) is 11.0 Å². The predicted octanol–water partition coefficient (Wildman–Crippen LogP) is 1.36. The molecule has 4 rings (SSSR count). The Morgan fingerprint density at radius 3 is 2.86 bits per heavy atom. The number of hydrogen-bond acceptors (Lipinski definition) is 7. The summed E-state index contributed by atoms with van der Waals surface area (Å²) in [6.07, 6.45) is 3.72. The van der Waals surface area contributed by atoms with Gasteiger partial charge >= 0.3 is 5.97 Å². The van der Waals surface area contributed by atoms with Gasteiger partial charge in [-0.15, -0.1) is 0 Å². The number of fused-ring (bicyclic) bond motifs is 1. The monoisotopic (exact) mass is 403 g/mol. The maximum absolute atomic E-state index is 15.0. The number of aromatic nitrogens is 2. The minimum absolute atomic E-state index is 0.0249. The van der Waals surface area contributed by atoms with Crippen molar-refractivity contribution < 1.29 is 19.1 Å². The van der Waals surface area contributed by atoms with Gasteiger partial charge in [0.2, 0.25) is 5.43 Å². The average Bonchev–Trinajstić information content (AvgIpc) is 3.45. The van der Waals surface area contributed by atoms with Crippen molar-refractivity contribution in [1.82, 2.24) is 9.55 Å². The van der Waals surface area contributed by atoms with Gasteiger partial charge in [0.25, 0.3) is 0 Å². The Hall–Kier alpha value is -3.01. The summed E-state index contributed by atoms with van der Waals surface area (Å²) in [4.78, 5) is 35.1. The average molecular weight is 403 g/mol. The van der Waals surface area contributed by atoms with Gasteiger partial charge in [-0.2, -0.15) is 0 Å². The van der Waals surface area contributed by atoms with Crippen molar-refractivity contribution in [2.75, 3.05) is 31.6 Å². The molecule has 0 spiro atoms. The molecule has 1 aliphatic heterocycles. The van der Waals surface area contributed by atoms with Crippen LogP contribution in [0, 0.1) is 11.7 Å². The van der Waals surface area contributed by atoms with Crippen LogP contribution in [0.4, 0.5) is 10.2 Å². The lowest BCUT2D eigenvalue weighted by atomic mass is 10.0. The van der Waals surface area contributed by atoms with Gasteiger partial charge in [-0.3, -0.25) is 4.79 Å². The molecule has 29 heavy (non-hydrogen) atoms. The van der Waals surface area contributed by atoms with E-state index in [4.69, 9.17) is 10.6 Å². The summed E-state index contributed by atoms with van der Waals surface area (Å²) in [6.45, 7) is 1.29. The molecule has 0 aromatic carbocycles. The fourth-order valence-electron chi connectivity index (χ4n) is 3.84. The molecule has 2 fully saturated rings. The molecule has 0 bridgehead atoms. The van der Waals surface area contributed by atoms with E-state index < -0.39 is 17.2 Å². The number of hydrogen-bond donors (Lipinski definition) is 2. The zero-order valence-electron chi connectivity index (χ0n) is 16.0. The van der Waals surface area contributed by atoms with E-state index in [1.807, 2.05) is 0 Å². The second-order valence-corrected chi connectivity index (χ2v) is 7.40. The molecule has 1 saturated heterocycles. The number of halogens is 1. The van der Waals surface area contributed by atoms with Crippen LogP contribution < -0.4 is 16.1 Å². The maximum Gasteiger partial charge on any atom is 0.341 e. The van der Waals surface area contributed by atoms with Gasteiger partial charge < -0.3 is 25.1 Å². The van der Waals surface area contributed by atoms with Crippen LogP contribution in [-0.4, -0.2) is 53.1 Å². The van der Waals surface area contributed by atoms with Gasteiger partial charge in [0, 0.05) is 24.7 Å². The molecule has 1 aliphatic carbocycles. The molecule has 2 aromatic heterocycles. The number of pyridine rings is 2. The van der Waals surface area contributed by atoms with E-state index in [0.717, 1.165) is 24.6 Å². The minimum atomic E-state index is -1.33. The van der Waals surface area contributed by atoms with Crippen LogP contribution in [0.15, 0.2) is 22.2 Å². The lowest BCUT2D eigenvalue weighted by molar-refractivity contribution is 0.0695. The van der Waals surface area contributed by atoms with Crippen LogP contribution >= 0.6 is 0 Å². The third-order valence-corrected chi connectivity index (χ3v) is 5.40. The van der Waals surface area contributed by atoms with Crippen LogP contribution in [-0.2, 0) is 4.84 Å². The minimum Gasteiger partial charge on any atom is -0.477 e. The van der Waals surface area contributed by atoms with Crippen LogP contribution in [0.2, 0.25) is 0 Å². The van der Waals surface area contributed by atoms with E-state index in [9.17, 15) is 19.1 Å². The van der Waals surface area contributed by atoms with Crippen molar-refractivity contribution in [2.24, 2.45) is 16.8 Å². The summed E-state index contributed by atoms with van der Waals surface area (Å²) in [6, 6.07) is 1.16. The number of rotatable bonds is 6. The summed E-state index contributed by atoms with van der Waals surface area (Å²) in [5, 5.41) is 13.4. The molecule has 3 N–H and O–H groups in total.